The largest absolute Gasteiger partial charge is 0.508 e. The van der Waals surface area contributed by atoms with Crippen LogP contribution in [0, 0.1) is 6.92 Å². The number of hydrogen-bond donors (Lipinski definition) is 3. The zero-order chi connectivity index (χ0) is 14.4. The molecule has 0 bridgehead atoms. The van der Waals surface area contributed by atoms with E-state index in [9.17, 15) is 20.1 Å². The first-order chi connectivity index (χ1) is 8.99. The van der Waals surface area contributed by atoms with E-state index in [1.807, 2.05) is 0 Å². The molecule has 0 unspecified atom stereocenters. The van der Waals surface area contributed by atoms with Crippen molar-refractivity contribution >= 4 is 5.78 Å². The van der Waals surface area contributed by atoms with Gasteiger partial charge in [0.05, 0.1) is 5.56 Å². The smallest absolute Gasteiger partial charge is 0.169 e. The zero-order valence-electron chi connectivity index (χ0n) is 11.6. The molecule has 0 heterocycles. The summed E-state index contributed by atoms with van der Waals surface area (Å²) in [6.45, 7) is 3.60. The van der Waals surface area contributed by atoms with Crippen molar-refractivity contribution in [2.45, 2.75) is 52.4 Å². The number of benzene rings is 1. The van der Waals surface area contributed by atoms with Crippen molar-refractivity contribution < 1.29 is 20.1 Å². The first-order valence-corrected chi connectivity index (χ1v) is 6.76. The highest BCUT2D eigenvalue weighted by Gasteiger charge is 2.18. The molecule has 0 saturated heterocycles. The lowest BCUT2D eigenvalue weighted by molar-refractivity contribution is 0.0975. The van der Waals surface area contributed by atoms with Gasteiger partial charge in [-0.25, -0.2) is 0 Å². The summed E-state index contributed by atoms with van der Waals surface area (Å²) in [4.78, 5) is 11.9. The number of ketones is 1. The van der Waals surface area contributed by atoms with Gasteiger partial charge in [0.25, 0.3) is 0 Å². The predicted molar refractivity (Wildman–Crippen MR) is 73.9 cm³/mol. The van der Waals surface area contributed by atoms with E-state index in [1.165, 1.54) is 13.0 Å². The average molecular weight is 266 g/mol. The normalized spacial score (nSPS) is 10.6. The van der Waals surface area contributed by atoms with Crippen LogP contribution in [-0.4, -0.2) is 21.1 Å². The number of hydrogen-bond acceptors (Lipinski definition) is 4. The Morgan fingerprint density at radius 3 is 2.32 bits per heavy atom. The number of rotatable bonds is 7. The molecule has 1 aromatic carbocycles. The van der Waals surface area contributed by atoms with E-state index >= 15 is 0 Å². The fraction of sp³-hybridized carbons (Fsp3) is 0.533. The quantitative estimate of drug-likeness (QED) is 0.304. The Morgan fingerprint density at radius 2 is 1.68 bits per heavy atom. The van der Waals surface area contributed by atoms with Crippen LogP contribution in [0.1, 0.15) is 61.4 Å². The molecule has 4 nitrogen and oxygen atoms in total. The minimum Gasteiger partial charge on any atom is -0.508 e. The molecule has 0 aliphatic heterocycles. The monoisotopic (exact) mass is 266 g/mol. The van der Waals surface area contributed by atoms with E-state index in [1.54, 1.807) is 0 Å². The molecule has 1 aromatic rings. The lowest BCUT2D eigenvalue weighted by Crippen LogP contribution is -2.00. The van der Waals surface area contributed by atoms with Crippen LogP contribution in [0.5, 0.6) is 17.2 Å². The molecule has 0 aliphatic rings. The van der Waals surface area contributed by atoms with Gasteiger partial charge in [0.2, 0.25) is 0 Å². The van der Waals surface area contributed by atoms with E-state index in [4.69, 9.17) is 0 Å². The maximum atomic E-state index is 11.9. The summed E-state index contributed by atoms with van der Waals surface area (Å²) in [5.74, 6) is -1.28. The summed E-state index contributed by atoms with van der Waals surface area (Å²) in [5, 5.41) is 28.9. The fourth-order valence-corrected chi connectivity index (χ4v) is 1.98. The van der Waals surface area contributed by atoms with Gasteiger partial charge in [0.15, 0.2) is 17.3 Å². The van der Waals surface area contributed by atoms with E-state index in [-0.39, 0.29) is 22.7 Å². The van der Waals surface area contributed by atoms with Crippen molar-refractivity contribution in [1.29, 1.82) is 0 Å². The molecule has 1 rings (SSSR count). The molecule has 106 valence electrons. The molecule has 3 N–H and O–H groups in total. The number of unbranched alkanes of at least 4 members (excludes halogenated alkanes) is 4. The highest BCUT2D eigenvalue weighted by Crippen LogP contribution is 2.38. The van der Waals surface area contributed by atoms with Gasteiger partial charge in [-0.2, -0.15) is 0 Å². The van der Waals surface area contributed by atoms with E-state index in [2.05, 4.69) is 6.92 Å². The van der Waals surface area contributed by atoms with Crippen LogP contribution in [0.4, 0.5) is 0 Å². The summed E-state index contributed by atoms with van der Waals surface area (Å²) in [6.07, 6.45) is 5.46. The first-order valence-electron chi connectivity index (χ1n) is 6.76. The summed E-state index contributed by atoms with van der Waals surface area (Å²) in [5.41, 5.74) is 0.174. The van der Waals surface area contributed by atoms with Crippen molar-refractivity contribution in [3.05, 3.63) is 17.2 Å². The SMILES string of the molecule is CCCCCCCC(=O)c1cc(O)c(C)c(O)c1O. The topological polar surface area (TPSA) is 77.8 Å². The Bertz CT molecular complexity index is 452. The molecule has 0 radical (unpaired) electrons. The molecule has 0 fully saturated rings. The van der Waals surface area contributed by atoms with Crippen LogP contribution in [-0.2, 0) is 0 Å². The number of phenolic OH excluding ortho intramolecular Hbond substituents is 3. The third-order valence-corrected chi connectivity index (χ3v) is 3.31. The zero-order valence-corrected chi connectivity index (χ0v) is 11.6. The van der Waals surface area contributed by atoms with Crippen molar-refractivity contribution in [2.75, 3.05) is 0 Å². The molecule has 0 aromatic heterocycles. The van der Waals surface area contributed by atoms with Gasteiger partial charge in [-0.15, -0.1) is 0 Å². The summed E-state index contributed by atoms with van der Waals surface area (Å²) < 4.78 is 0. The van der Waals surface area contributed by atoms with Crippen LogP contribution in [0.2, 0.25) is 0 Å². The highest BCUT2D eigenvalue weighted by atomic mass is 16.3. The molecule has 0 atom stereocenters. The Hall–Kier alpha value is -1.71. The van der Waals surface area contributed by atoms with E-state index < -0.39 is 11.5 Å². The molecule has 0 saturated carbocycles. The number of aromatic hydroxyl groups is 3. The molecule has 0 amide bonds. The van der Waals surface area contributed by atoms with Crippen LogP contribution in [0.25, 0.3) is 0 Å². The van der Waals surface area contributed by atoms with Gasteiger partial charge in [0, 0.05) is 12.0 Å². The van der Waals surface area contributed by atoms with Gasteiger partial charge >= 0.3 is 0 Å². The van der Waals surface area contributed by atoms with Gasteiger partial charge in [-0.1, -0.05) is 32.6 Å². The van der Waals surface area contributed by atoms with Crippen molar-refractivity contribution in [1.82, 2.24) is 0 Å². The van der Waals surface area contributed by atoms with E-state index in [0.29, 0.717) is 6.42 Å². The van der Waals surface area contributed by atoms with Crippen molar-refractivity contribution in [3.63, 3.8) is 0 Å². The summed E-state index contributed by atoms with van der Waals surface area (Å²) in [7, 11) is 0. The lowest BCUT2D eigenvalue weighted by Gasteiger charge is -2.09. The Kier molecular flexibility index (Phi) is 5.67. The molecular weight excluding hydrogens is 244 g/mol. The summed E-state index contributed by atoms with van der Waals surface area (Å²) >= 11 is 0. The Balaban J connectivity index is 2.67. The van der Waals surface area contributed by atoms with Gasteiger partial charge in [-0.3, -0.25) is 4.79 Å². The fourth-order valence-electron chi connectivity index (χ4n) is 1.98. The minimum absolute atomic E-state index is 0.00362. The molecular formula is C15H22O4. The molecule has 19 heavy (non-hydrogen) atoms. The number of phenols is 3. The maximum absolute atomic E-state index is 11.9. The second-order valence-corrected chi connectivity index (χ2v) is 4.85. The second kappa shape index (κ2) is 7.02. The Morgan fingerprint density at radius 1 is 1.05 bits per heavy atom. The standard InChI is InChI=1S/C15H22O4/c1-3-4-5-6-7-8-12(16)11-9-13(17)10(2)14(18)15(11)19/h9,17-19H,3-8H2,1-2H3. The number of Topliss-reactive ketones (excluding diaryl/α,β-unsaturated/α-hetero) is 1. The molecule has 0 spiro atoms. The van der Waals surface area contributed by atoms with Gasteiger partial charge in [-0.05, 0) is 19.4 Å². The minimum atomic E-state index is -0.436. The van der Waals surface area contributed by atoms with Crippen molar-refractivity contribution in [3.8, 4) is 17.2 Å². The first kappa shape index (κ1) is 15.3. The molecule has 0 aliphatic carbocycles. The van der Waals surface area contributed by atoms with Crippen LogP contribution >= 0.6 is 0 Å². The van der Waals surface area contributed by atoms with E-state index in [0.717, 1.165) is 32.1 Å². The van der Waals surface area contributed by atoms with Gasteiger partial charge in [0.1, 0.15) is 5.75 Å². The third-order valence-electron chi connectivity index (χ3n) is 3.31. The van der Waals surface area contributed by atoms with Crippen molar-refractivity contribution in [2.24, 2.45) is 0 Å². The number of carbonyl (C=O) groups is 1. The number of carbonyl (C=O) groups excluding carboxylic acids is 1. The molecule has 4 heteroatoms. The van der Waals surface area contributed by atoms with Crippen LogP contribution in [0.15, 0.2) is 6.07 Å². The second-order valence-electron chi connectivity index (χ2n) is 4.85. The van der Waals surface area contributed by atoms with Gasteiger partial charge < -0.3 is 15.3 Å². The lowest BCUT2D eigenvalue weighted by atomic mass is 10.0. The Labute approximate surface area is 113 Å². The van der Waals surface area contributed by atoms with Crippen LogP contribution < -0.4 is 0 Å². The maximum Gasteiger partial charge on any atom is 0.169 e. The third kappa shape index (κ3) is 3.88. The van der Waals surface area contributed by atoms with Crippen LogP contribution in [0.3, 0.4) is 0 Å². The average Bonchev–Trinajstić information content (AvgIpc) is 2.40. The summed E-state index contributed by atoms with van der Waals surface area (Å²) in [6, 6.07) is 1.22. The highest BCUT2D eigenvalue weighted by molar-refractivity contribution is 6.00. The predicted octanol–water partition coefficient (Wildman–Crippen LogP) is 3.66.